The monoisotopic (exact) mass is 457 g/mol. The normalized spacial score (nSPS) is 20.0. The maximum atomic E-state index is 12.6. The Balaban J connectivity index is 1.64. The summed E-state index contributed by atoms with van der Waals surface area (Å²) in [5, 5.41) is 23.2. The number of benzene rings is 1. The van der Waals surface area contributed by atoms with Gasteiger partial charge < -0.3 is 15.5 Å². The molecule has 1 aromatic carbocycles. The van der Waals surface area contributed by atoms with Crippen molar-refractivity contribution in [3.63, 3.8) is 0 Å². The van der Waals surface area contributed by atoms with E-state index in [0.29, 0.717) is 0 Å². The standard InChI is InChI=1S/C20H24ClNO5S2/c1-11(2)29(26,27)17-10-28-19(18(17)21)20(25)22-13-5-3-12(4-6-13)15-8-7-14(23)9-16(15)24/h7-13,23-24H,3-6H2,1-2H3,(H,22,25). The number of thiophene rings is 1. The summed E-state index contributed by atoms with van der Waals surface area (Å²) in [7, 11) is -3.54. The summed E-state index contributed by atoms with van der Waals surface area (Å²) < 4.78 is 24.7. The zero-order chi connectivity index (χ0) is 21.3. The van der Waals surface area contributed by atoms with E-state index in [1.165, 1.54) is 11.4 Å². The predicted molar refractivity (Wildman–Crippen MR) is 114 cm³/mol. The smallest absolute Gasteiger partial charge is 0.263 e. The van der Waals surface area contributed by atoms with Crippen molar-refractivity contribution < 1.29 is 23.4 Å². The summed E-state index contributed by atoms with van der Waals surface area (Å²) in [6.45, 7) is 3.15. The second kappa shape index (κ2) is 8.53. The third kappa shape index (κ3) is 4.54. The molecule has 0 bridgehead atoms. The van der Waals surface area contributed by atoms with Crippen LogP contribution in [0.3, 0.4) is 0 Å². The number of aromatic hydroxyl groups is 2. The Bertz CT molecular complexity index is 1010. The van der Waals surface area contributed by atoms with E-state index >= 15 is 0 Å². The van der Waals surface area contributed by atoms with Crippen LogP contribution in [0.2, 0.25) is 5.02 Å². The van der Waals surface area contributed by atoms with Crippen LogP contribution in [-0.4, -0.2) is 35.8 Å². The highest BCUT2D eigenvalue weighted by molar-refractivity contribution is 7.92. The van der Waals surface area contributed by atoms with Gasteiger partial charge in [0.05, 0.1) is 15.2 Å². The van der Waals surface area contributed by atoms with Gasteiger partial charge in [-0.15, -0.1) is 11.3 Å². The minimum Gasteiger partial charge on any atom is -0.508 e. The van der Waals surface area contributed by atoms with Crippen molar-refractivity contribution in [2.24, 2.45) is 0 Å². The molecule has 29 heavy (non-hydrogen) atoms. The SMILES string of the molecule is CC(C)S(=O)(=O)c1csc(C(=O)NC2CCC(c3ccc(O)cc3O)CC2)c1Cl. The lowest BCUT2D eigenvalue weighted by Crippen LogP contribution is -2.37. The summed E-state index contributed by atoms with van der Waals surface area (Å²) in [6, 6.07) is 4.59. The van der Waals surface area contributed by atoms with Gasteiger partial charge in [0, 0.05) is 17.5 Å². The number of carbonyl (C=O) groups excluding carboxylic acids is 1. The Labute approximate surface area is 179 Å². The molecule has 0 aliphatic heterocycles. The fourth-order valence-corrected chi connectivity index (χ4v) is 6.59. The molecule has 0 unspecified atom stereocenters. The van der Waals surface area contributed by atoms with E-state index in [4.69, 9.17) is 11.6 Å². The third-order valence-corrected chi connectivity index (χ3v) is 9.27. The molecule has 0 saturated heterocycles. The van der Waals surface area contributed by atoms with E-state index < -0.39 is 15.1 Å². The molecule has 6 nitrogen and oxygen atoms in total. The molecule has 1 aromatic heterocycles. The average Bonchev–Trinajstić information content (AvgIpc) is 3.05. The molecular formula is C20H24ClNO5S2. The Hall–Kier alpha value is -1.77. The molecule has 0 atom stereocenters. The Morgan fingerprint density at radius 3 is 2.45 bits per heavy atom. The Kier molecular flexibility index (Phi) is 6.45. The number of halogens is 1. The average molecular weight is 458 g/mol. The molecule has 1 aliphatic rings. The Morgan fingerprint density at radius 2 is 1.86 bits per heavy atom. The van der Waals surface area contributed by atoms with Crippen molar-refractivity contribution in [1.29, 1.82) is 0 Å². The van der Waals surface area contributed by atoms with Gasteiger partial charge in [0.25, 0.3) is 5.91 Å². The summed E-state index contributed by atoms with van der Waals surface area (Å²) in [4.78, 5) is 12.9. The first-order valence-electron chi connectivity index (χ1n) is 9.45. The van der Waals surface area contributed by atoms with E-state index in [9.17, 15) is 23.4 Å². The molecule has 3 N–H and O–H groups in total. The van der Waals surface area contributed by atoms with Crippen LogP contribution in [0, 0.1) is 0 Å². The van der Waals surface area contributed by atoms with E-state index in [-0.39, 0.29) is 44.2 Å². The van der Waals surface area contributed by atoms with Crippen LogP contribution in [0.1, 0.15) is 60.7 Å². The van der Waals surface area contributed by atoms with E-state index in [1.54, 1.807) is 26.0 Å². The lowest BCUT2D eigenvalue weighted by atomic mass is 9.81. The predicted octanol–water partition coefficient (Wildman–Crippen LogP) is 4.45. The molecule has 1 aliphatic carbocycles. The van der Waals surface area contributed by atoms with Gasteiger partial charge in [-0.05, 0) is 57.1 Å². The minimum atomic E-state index is -3.54. The van der Waals surface area contributed by atoms with E-state index in [1.807, 2.05) is 0 Å². The minimum absolute atomic E-state index is 0.0100. The summed E-state index contributed by atoms with van der Waals surface area (Å²) in [6.07, 6.45) is 3.04. The zero-order valence-corrected chi connectivity index (χ0v) is 18.6. The topological polar surface area (TPSA) is 104 Å². The molecule has 2 aromatic rings. The zero-order valence-electron chi connectivity index (χ0n) is 16.2. The van der Waals surface area contributed by atoms with Crippen LogP contribution in [0.15, 0.2) is 28.5 Å². The summed E-state index contributed by atoms with van der Waals surface area (Å²) in [5.41, 5.74) is 0.803. The number of amides is 1. The van der Waals surface area contributed by atoms with Gasteiger partial charge in [0.15, 0.2) is 9.84 Å². The molecule has 3 rings (SSSR count). The lowest BCUT2D eigenvalue weighted by molar-refractivity contribution is 0.0929. The quantitative estimate of drug-likeness (QED) is 0.615. The number of carbonyl (C=O) groups is 1. The van der Waals surface area contributed by atoms with Crippen molar-refractivity contribution in [2.45, 2.75) is 61.6 Å². The highest BCUT2D eigenvalue weighted by Crippen LogP contribution is 2.39. The second-order valence-corrected chi connectivity index (χ2v) is 11.3. The first-order valence-corrected chi connectivity index (χ1v) is 12.2. The van der Waals surface area contributed by atoms with Crippen LogP contribution >= 0.6 is 22.9 Å². The molecule has 158 valence electrons. The van der Waals surface area contributed by atoms with Crippen LogP contribution in [0.5, 0.6) is 11.5 Å². The number of phenolic OH excluding ortho intramolecular Hbond substituents is 2. The van der Waals surface area contributed by atoms with Crippen molar-refractivity contribution in [1.82, 2.24) is 5.32 Å². The lowest BCUT2D eigenvalue weighted by Gasteiger charge is -2.29. The number of hydrogen-bond donors (Lipinski definition) is 3. The van der Waals surface area contributed by atoms with E-state index in [2.05, 4.69) is 5.32 Å². The number of hydrogen-bond acceptors (Lipinski definition) is 6. The third-order valence-electron chi connectivity index (χ3n) is 5.35. The van der Waals surface area contributed by atoms with Crippen LogP contribution in [0.25, 0.3) is 0 Å². The molecule has 0 spiro atoms. The van der Waals surface area contributed by atoms with Crippen molar-refractivity contribution in [3.8, 4) is 11.5 Å². The van der Waals surface area contributed by atoms with Crippen LogP contribution in [0.4, 0.5) is 0 Å². The maximum absolute atomic E-state index is 12.6. The molecule has 1 fully saturated rings. The summed E-state index contributed by atoms with van der Waals surface area (Å²) >= 11 is 7.26. The van der Waals surface area contributed by atoms with Crippen LogP contribution < -0.4 is 5.32 Å². The largest absolute Gasteiger partial charge is 0.508 e. The number of rotatable bonds is 5. The molecule has 0 radical (unpaired) electrons. The van der Waals surface area contributed by atoms with Gasteiger partial charge in [0.1, 0.15) is 16.4 Å². The fourth-order valence-electron chi connectivity index (χ4n) is 3.60. The molecular weight excluding hydrogens is 434 g/mol. The highest BCUT2D eigenvalue weighted by Gasteiger charge is 2.30. The molecule has 1 amide bonds. The van der Waals surface area contributed by atoms with E-state index in [0.717, 1.165) is 42.6 Å². The number of sulfone groups is 1. The summed E-state index contributed by atoms with van der Waals surface area (Å²) in [5.74, 6) is -0.0846. The van der Waals surface area contributed by atoms with Crippen LogP contribution in [-0.2, 0) is 9.84 Å². The molecule has 1 heterocycles. The fraction of sp³-hybridized carbons (Fsp3) is 0.450. The molecule has 9 heteroatoms. The van der Waals surface area contributed by atoms with Crippen molar-refractivity contribution in [3.05, 3.63) is 39.0 Å². The highest BCUT2D eigenvalue weighted by atomic mass is 35.5. The van der Waals surface area contributed by atoms with Gasteiger partial charge >= 0.3 is 0 Å². The van der Waals surface area contributed by atoms with Gasteiger partial charge in [0.2, 0.25) is 0 Å². The van der Waals surface area contributed by atoms with Gasteiger partial charge in [-0.1, -0.05) is 17.7 Å². The van der Waals surface area contributed by atoms with Crippen molar-refractivity contribution >= 4 is 38.7 Å². The number of phenols is 2. The Morgan fingerprint density at radius 1 is 1.21 bits per heavy atom. The first-order chi connectivity index (χ1) is 13.6. The van der Waals surface area contributed by atoms with Gasteiger partial charge in [-0.25, -0.2) is 8.42 Å². The maximum Gasteiger partial charge on any atom is 0.263 e. The van der Waals surface area contributed by atoms with Crippen molar-refractivity contribution in [2.75, 3.05) is 0 Å². The number of nitrogens with one attached hydrogen (secondary N) is 1. The van der Waals surface area contributed by atoms with Gasteiger partial charge in [-0.3, -0.25) is 4.79 Å². The molecule has 1 saturated carbocycles. The van der Waals surface area contributed by atoms with Gasteiger partial charge in [-0.2, -0.15) is 0 Å². The second-order valence-electron chi connectivity index (χ2n) is 7.60. The first kappa shape index (κ1) is 21.9.